The molecule has 2 amide bonds. The van der Waals surface area contributed by atoms with E-state index >= 15 is 0 Å². The van der Waals surface area contributed by atoms with Gasteiger partial charge in [0.15, 0.2) is 6.04 Å². The summed E-state index contributed by atoms with van der Waals surface area (Å²) < 4.78 is 1.84. The molecule has 1 saturated heterocycles. The van der Waals surface area contributed by atoms with Gasteiger partial charge >= 0.3 is 5.97 Å². The molecule has 4 rings (SSSR count). The lowest BCUT2D eigenvalue weighted by molar-refractivity contribution is -0.142. The molecular weight excluding hydrogens is 607 g/mol. The van der Waals surface area contributed by atoms with E-state index in [1.807, 2.05) is 47.2 Å². The molecule has 0 aliphatic carbocycles. The van der Waals surface area contributed by atoms with Crippen molar-refractivity contribution in [2.45, 2.75) is 36.7 Å². The Morgan fingerprint density at radius 1 is 1.12 bits per heavy atom. The third kappa shape index (κ3) is 8.07. The van der Waals surface area contributed by atoms with Crippen LogP contribution in [-0.2, 0) is 27.3 Å². The summed E-state index contributed by atoms with van der Waals surface area (Å²) in [4.78, 5) is 44.6. The van der Waals surface area contributed by atoms with Crippen LogP contribution >= 0.6 is 46.6 Å². The number of aromatic nitrogens is 2. The third-order valence-electron chi connectivity index (χ3n) is 6.92. The van der Waals surface area contributed by atoms with Crippen molar-refractivity contribution in [1.82, 2.24) is 19.8 Å². The predicted octanol–water partition coefficient (Wildman–Crippen LogP) is 4.84. The van der Waals surface area contributed by atoms with Gasteiger partial charge in [0.2, 0.25) is 11.8 Å². The van der Waals surface area contributed by atoms with Gasteiger partial charge in [0.1, 0.15) is 0 Å². The number of likely N-dealkylation sites (tertiary alicyclic amines) is 1. The van der Waals surface area contributed by atoms with E-state index in [9.17, 15) is 14.4 Å². The van der Waals surface area contributed by atoms with Crippen LogP contribution in [0.25, 0.3) is 6.08 Å². The number of thioether (sulfide) groups is 1. The summed E-state index contributed by atoms with van der Waals surface area (Å²) in [7, 11) is 0. The van der Waals surface area contributed by atoms with Gasteiger partial charge in [0.25, 0.3) is 0 Å². The molecule has 0 bridgehead atoms. The SMILES string of the molecule is CSc1ccc(/C=C/C(=O)N2CCC(C(=O)N[C@@H](Cc3cn(Cc4ccccc4Cl)cn3)C(=O)[OH2+])CC2)c(Cl)c1Cl. The van der Waals surface area contributed by atoms with E-state index in [1.165, 1.54) is 17.8 Å². The molecule has 1 aliphatic rings. The van der Waals surface area contributed by atoms with Crippen molar-refractivity contribution in [2.75, 3.05) is 19.3 Å². The molecule has 0 spiro atoms. The number of halogens is 3. The summed E-state index contributed by atoms with van der Waals surface area (Å²) in [6.07, 6.45) is 9.42. The average molecular weight is 637 g/mol. The minimum absolute atomic E-state index is 0.107. The lowest BCUT2D eigenvalue weighted by Gasteiger charge is -2.31. The van der Waals surface area contributed by atoms with Crippen molar-refractivity contribution in [1.29, 1.82) is 0 Å². The van der Waals surface area contributed by atoms with Crippen molar-refractivity contribution in [3.63, 3.8) is 0 Å². The summed E-state index contributed by atoms with van der Waals surface area (Å²) in [5, 5.41) is 11.9. The molecule has 1 fully saturated rings. The second kappa shape index (κ2) is 14.3. The zero-order chi connectivity index (χ0) is 29.5. The predicted molar refractivity (Wildman–Crippen MR) is 164 cm³/mol. The van der Waals surface area contributed by atoms with Crippen LogP contribution in [0.4, 0.5) is 0 Å². The molecule has 0 unspecified atom stereocenters. The number of carbonyl (C=O) groups excluding carboxylic acids is 3. The molecule has 12 heteroatoms. The summed E-state index contributed by atoms with van der Waals surface area (Å²) in [6, 6.07) is 10.2. The first-order valence-electron chi connectivity index (χ1n) is 12.9. The van der Waals surface area contributed by atoms with Crippen LogP contribution in [0.3, 0.4) is 0 Å². The minimum Gasteiger partial charge on any atom is -0.563 e. The van der Waals surface area contributed by atoms with Gasteiger partial charge in [-0.1, -0.05) is 59.1 Å². The number of rotatable bonds is 10. The fourth-order valence-electron chi connectivity index (χ4n) is 4.59. The third-order valence-corrected chi connectivity index (χ3v) is 9.08. The van der Waals surface area contributed by atoms with Gasteiger partial charge < -0.3 is 19.9 Å². The summed E-state index contributed by atoms with van der Waals surface area (Å²) in [5.41, 5.74) is 2.16. The van der Waals surface area contributed by atoms with Crippen molar-refractivity contribution in [2.24, 2.45) is 5.92 Å². The van der Waals surface area contributed by atoms with Crippen LogP contribution in [0.5, 0.6) is 0 Å². The largest absolute Gasteiger partial charge is 0.563 e. The molecule has 3 N–H and O–H groups in total. The maximum Gasteiger partial charge on any atom is 0.539 e. The molecule has 1 aliphatic heterocycles. The highest BCUT2D eigenvalue weighted by Crippen LogP contribution is 2.35. The summed E-state index contributed by atoms with van der Waals surface area (Å²) in [6.45, 7) is 1.30. The number of amides is 2. The Morgan fingerprint density at radius 2 is 1.85 bits per heavy atom. The molecule has 0 radical (unpaired) electrons. The van der Waals surface area contributed by atoms with Crippen LogP contribution in [0.1, 0.15) is 29.7 Å². The number of hydrogen-bond acceptors (Lipinski definition) is 5. The highest BCUT2D eigenvalue weighted by molar-refractivity contribution is 7.98. The molecule has 0 saturated carbocycles. The smallest absolute Gasteiger partial charge is 0.539 e. The topological polar surface area (TPSA) is 107 Å². The zero-order valence-electron chi connectivity index (χ0n) is 22.3. The summed E-state index contributed by atoms with van der Waals surface area (Å²) in [5.74, 6) is -1.74. The Labute approximate surface area is 257 Å². The maximum atomic E-state index is 13.0. The number of piperidine rings is 1. The molecule has 2 aromatic carbocycles. The number of imidazole rings is 1. The highest BCUT2D eigenvalue weighted by Gasteiger charge is 2.33. The first-order chi connectivity index (χ1) is 19.7. The van der Waals surface area contributed by atoms with Gasteiger partial charge in [-0.05, 0) is 48.4 Å². The van der Waals surface area contributed by atoms with E-state index in [2.05, 4.69) is 10.3 Å². The van der Waals surface area contributed by atoms with E-state index in [-0.39, 0.29) is 24.2 Å². The Balaban J connectivity index is 1.28. The van der Waals surface area contributed by atoms with Crippen molar-refractivity contribution >= 4 is 70.4 Å². The molecule has 3 aromatic rings. The van der Waals surface area contributed by atoms with E-state index in [4.69, 9.17) is 39.9 Å². The van der Waals surface area contributed by atoms with Crippen LogP contribution in [-0.4, -0.2) is 62.7 Å². The highest BCUT2D eigenvalue weighted by atomic mass is 35.5. The standard InChI is InChI=1S/C29H29Cl3N4O4S/c1-41-24-8-6-18(26(31)27(24)32)7-9-25(37)36-12-10-19(11-13-36)28(38)34-23(29(39)40)14-21-16-35(17-33-21)15-20-4-2-3-5-22(20)30/h2-9,16-17,19,23H,10-15H2,1H3,(H,34,38)(H,39,40)/p+1/b9-7+/t23-/m0/s1. The van der Waals surface area contributed by atoms with Gasteiger partial charge in [-0.2, -0.15) is 0 Å². The van der Waals surface area contributed by atoms with Gasteiger partial charge in [0, 0.05) is 59.0 Å². The van der Waals surface area contributed by atoms with Gasteiger partial charge in [0.05, 0.1) is 22.1 Å². The molecular formula is C29H30Cl3N4O4S+. The van der Waals surface area contributed by atoms with Gasteiger partial charge in [-0.3, -0.25) is 9.59 Å². The Hall–Kier alpha value is -2.98. The van der Waals surface area contributed by atoms with E-state index in [0.29, 0.717) is 58.8 Å². The lowest BCUT2D eigenvalue weighted by atomic mass is 9.95. The Bertz CT molecular complexity index is 1450. The fourth-order valence-corrected chi connectivity index (χ4v) is 5.96. The van der Waals surface area contributed by atoms with Crippen LogP contribution < -0.4 is 5.32 Å². The molecule has 2 heterocycles. The van der Waals surface area contributed by atoms with E-state index in [0.717, 1.165) is 10.5 Å². The quantitative estimate of drug-likeness (QED) is 0.195. The second-order valence-electron chi connectivity index (χ2n) is 9.68. The molecule has 8 nitrogen and oxygen atoms in total. The Morgan fingerprint density at radius 3 is 2.54 bits per heavy atom. The molecule has 41 heavy (non-hydrogen) atoms. The monoisotopic (exact) mass is 635 g/mol. The Kier molecular flexibility index (Phi) is 10.8. The van der Waals surface area contributed by atoms with Gasteiger partial charge in [-0.15, -0.1) is 11.8 Å². The van der Waals surface area contributed by atoms with E-state index in [1.54, 1.807) is 23.5 Å². The molecule has 1 atom stereocenters. The van der Waals surface area contributed by atoms with Crippen molar-refractivity contribution in [3.8, 4) is 0 Å². The van der Waals surface area contributed by atoms with Crippen molar-refractivity contribution < 1.29 is 19.5 Å². The van der Waals surface area contributed by atoms with Crippen LogP contribution in [0.15, 0.2) is 59.9 Å². The van der Waals surface area contributed by atoms with Gasteiger partial charge in [-0.25, -0.2) is 4.98 Å². The van der Waals surface area contributed by atoms with Crippen LogP contribution in [0.2, 0.25) is 15.1 Å². The number of carbonyl (C=O) groups is 3. The second-order valence-corrected chi connectivity index (χ2v) is 11.7. The minimum atomic E-state index is -1.01. The normalized spacial score (nSPS) is 14.8. The first-order valence-corrected chi connectivity index (χ1v) is 15.3. The number of hydrogen-bond donors (Lipinski definition) is 1. The van der Waals surface area contributed by atoms with Crippen molar-refractivity contribution in [3.05, 3.63) is 86.9 Å². The van der Waals surface area contributed by atoms with E-state index < -0.39 is 12.0 Å². The molecule has 1 aromatic heterocycles. The maximum absolute atomic E-state index is 13.0. The average Bonchev–Trinajstić information content (AvgIpc) is 3.41. The molecule has 216 valence electrons. The van der Waals surface area contributed by atoms with Crippen LogP contribution in [0, 0.1) is 5.92 Å². The first kappa shape index (κ1) is 31.0. The summed E-state index contributed by atoms with van der Waals surface area (Å²) >= 11 is 20.4. The fraction of sp³-hybridized carbons (Fsp3) is 0.310. The number of nitrogens with one attached hydrogen (secondary N) is 1. The lowest BCUT2D eigenvalue weighted by Crippen LogP contribution is -2.48. The number of nitrogens with zero attached hydrogens (tertiary/aromatic N) is 3. The zero-order valence-corrected chi connectivity index (χ0v) is 25.4. The number of benzene rings is 2.